The maximum absolute atomic E-state index is 12.0. The van der Waals surface area contributed by atoms with Crippen LogP contribution in [0.2, 0.25) is 0 Å². The van der Waals surface area contributed by atoms with Gasteiger partial charge in [-0.1, -0.05) is 30.3 Å². The lowest BCUT2D eigenvalue weighted by Crippen LogP contribution is -2.31. The van der Waals surface area contributed by atoms with Gasteiger partial charge in [0.1, 0.15) is 16.9 Å². The number of nitro groups is 1. The van der Waals surface area contributed by atoms with Gasteiger partial charge in [-0.05, 0) is 25.1 Å². The first kappa shape index (κ1) is 18.1. The van der Waals surface area contributed by atoms with Crippen LogP contribution < -0.4 is 5.32 Å². The molecule has 138 valence electrons. The number of nitrogens with zero attached hydrogens (tertiary/aromatic N) is 1. The molecule has 1 amide bonds. The Bertz CT molecular complexity index is 977. The Kier molecular flexibility index (Phi) is 5.16. The summed E-state index contributed by atoms with van der Waals surface area (Å²) in [6.07, 6.45) is 0. The Morgan fingerprint density at radius 2 is 1.89 bits per heavy atom. The minimum absolute atomic E-state index is 0.208. The monoisotopic (exact) mass is 368 g/mol. The molecule has 1 N–H and O–H groups in total. The van der Waals surface area contributed by atoms with Crippen molar-refractivity contribution in [2.45, 2.75) is 13.0 Å². The summed E-state index contributed by atoms with van der Waals surface area (Å²) >= 11 is 0. The van der Waals surface area contributed by atoms with E-state index in [4.69, 9.17) is 9.15 Å². The predicted molar refractivity (Wildman–Crippen MR) is 96.2 cm³/mol. The average molecular weight is 368 g/mol. The van der Waals surface area contributed by atoms with Crippen LogP contribution in [-0.4, -0.2) is 23.4 Å². The molecule has 0 aliphatic heterocycles. The highest BCUT2D eigenvalue weighted by atomic mass is 16.6. The third kappa shape index (κ3) is 4.12. The molecule has 27 heavy (non-hydrogen) atoms. The van der Waals surface area contributed by atoms with Crippen LogP contribution in [0.1, 0.15) is 29.1 Å². The predicted octanol–water partition coefficient (Wildman–Crippen LogP) is 3.38. The van der Waals surface area contributed by atoms with E-state index < -0.39 is 29.4 Å². The molecular weight excluding hydrogens is 352 g/mol. The Morgan fingerprint density at radius 1 is 1.19 bits per heavy atom. The van der Waals surface area contributed by atoms with Gasteiger partial charge in [0.05, 0.1) is 11.0 Å². The summed E-state index contributed by atoms with van der Waals surface area (Å²) in [6, 6.07) is 14.2. The quantitative estimate of drug-likeness (QED) is 0.405. The molecule has 8 heteroatoms. The molecule has 0 unspecified atom stereocenters. The van der Waals surface area contributed by atoms with E-state index in [1.165, 1.54) is 24.3 Å². The van der Waals surface area contributed by atoms with E-state index in [0.717, 1.165) is 5.39 Å². The van der Waals surface area contributed by atoms with E-state index in [9.17, 15) is 19.7 Å². The van der Waals surface area contributed by atoms with Crippen LogP contribution in [0.3, 0.4) is 0 Å². The second kappa shape index (κ2) is 7.69. The number of carbonyl (C=O) groups excluding carboxylic acids is 2. The minimum Gasteiger partial charge on any atom is -0.459 e. The molecular formula is C19H16N2O6. The van der Waals surface area contributed by atoms with E-state index in [1.54, 1.807) is 6.92 Å². The molecule has 2 aromatic carbocycles. The average Bonchev–Trinajstić information content (AvgIpc) is 3.10. The Morgan fingerprint density at radius 3 is 2.63 bits per heavy atom. The molecule has 3 rings (SSSR count). The number of benzene rings is 2. The van der Waals surface area contributed by atoms with Crippen molar-refractivity contribution in [2.75, 3.05) is 6.61 Å². The van der Waals surface area contributed by atoms with Gasteiger partial charge in [-0.2, -0.15) is 0 Å². The fourth-order valence-electron chi connectivity index (χ4n) is 2.58. The van der Waals surface area contributed by atoms with Crippen LogP contribution in [0, 0.1) is 10.1 Å². The highest BCUT2D eigenvalue weighted by Crippen LogP contribution is 2.23. The summed E-state index contributed by atoms with van der Waals surface area (Å²) < 4.78 is 10.6. The van der Waals surface area contributed by atoms with Crippen molar-refractivity contribution in [3.05, 3.63) is 76.0 Å². The molecule has 0 radical (unpaired) electrons. The highest BCUT2D eigenvalue weighted by Gasteiger charge is 2.22. The zero-order chi connectivity index (χ0) is 19.4. The summed E-state index contributed by atoms with van der Waals surface area (Å²) in [6.45, 7) is 1.18. The number of carbonyl (C=O) groups is 2. The van der Waals surface area contributed by atoms with Gasteiger partial charge in [-0.15, -0.1) is 0 Å². The Hall–Kier alpha value is -3.68. The summed E-state index contributed by atoms with van der Waals surface area (Å²) in [5.74, 6) is -0.918. The van der Waals surface area contributed by atoms with E-state index in [2.05, 4.69) is 5.32 Å². The van der Waals surface area contributed by atoms with Gasteiger partial charge in [0.25, 0.3) is 11.6 Å². The maximum atomic E-state index is 12.0. The van der Waals surface area contributed by atoms with Gasteiger partial charge >= 0.3 is 5.97 Å². The zero-order valence-corrected chi connectivity index (χ0v) is 14.4. The van der Waals surface area contributed by atoms with E-state index in [0.29, 0.717) is 11.3 Å². The molecule has 1 atom stereocenters. The number of hydrogen-bond donors (Lipinski definition) is 1. The van der Waals surface area contributed by atoms with Gasteiger partial charge < -0.3 is 14.5 Å². The number of fused-ring (bicyclic) bond motifs is 1. The SMILES string of the molecule is C[C@H](NC(=O)COC(=O)c1ccccc1[N+](=O)[O-])c1cc2ccccc2o1. The summed E-state index contributed by atoms with van der Waals surface area (Å²) in [5, 5.41) is 14.5. The topological polar surface area (TPSA) is 112 Å². The van der Waals surface area contributed by atoms with Crippen molar-refractivity contribution in [3.63, 3.8) is 0 Å². The molecule has 1 heterocycles. The van der Waals surface area contributed by atoms with Crippen molar-refractivity contribution in [3.8, 4) is 0 Å². The molecule has 0 saturated carbocycles. The van der Waals surface area contributed by atoms with Crippen molar-refractivity contribution < 1.29 is 23.7 Å². The summed E-state index contributed by atoms with van der Waals surface area (Å²) in [4.78, 5) is 34.3. The first-order valence-electron chi connectivity index (χ1n) is 8.14. The minimum atomic E-state index is -0.936. The second-order valence-electron chi connectivity index (χ2n) is 5.83. The Balaban J connectivity index is 1.59. The third-order valence-electron chi connectivity index (χ3n) is 3.90. The van der Waals surface area contributed by atoms with Gasteiger partial charge in [-0.3, -0.25) is 14.9 Å². The molecule has 3 aromatic rings. The number of esters is 1. The van der Waals surface area contributed by atoms with Crippen molar-refractivity contribution >= 4 is 28.5 Å². The van der Waals surface area contributed by atoms with Gasteiger partial charge in [0, 0.05) is 11.5 Å². The fraction of sp³-hybridized carbons (Fsp3) is 0.158. The number of amides is 1. The molecule has 0 saturated heterocycles. The first-order chi connectivity index (χ1) is 13.0. The van der Waals surface area contributed by atoms with Gasteiger partial charge in [0.2, 0.25) is 0 Å². The standard InChI is InChI=1S/C19H16N2O6/c1-12(17-10-13-6-2-5-9-16(13)27-17)20-18(22)11-26-19(23)14-7-3-4-8-15(14)21(24)25/h2-10,12H,11H2,1H3,(H,20,22)/t12-/m0/s1. The fourth-order valence-corrected chi connectivity index (χ4v) is 2.58. The maximum Gasteiger partial charge on any atom is 0.345 e. The number of rotatable bonds is 6. The van der Waals surface area contributed by atoms with Gasteiger partial charge in [0.15, 0.2) is 6.61 Å². The Labute approximate surface area is 153 Å². The molecule has 8 nitrogen and oxygen atoms in total. The number of nitrogens with one attached hydrogen (secondary N) is 1. The lowest BCUT2D eigenvalue weighted by Gasteiger charge is -2.11. The van der Waals surface area contributed by atoms with E-state index in [-0.39, 0.29) is 11.3 Å². The van der Waals surface area contributed by atoms with Crippen LogP contribution in [-0.2, 0) is 9.53 Å². The third-order valence-corrected chi connectivity index (χ3v) is 3.90. The highest BCUT2D eigenvalue weighted by molar-refractivity contribution is 5.95. The number of nitro benzene ring substituents is 1. The lowest BCUT2D eigenvalue weighted by molar-refractivity contribution is -0.385. The van der Waals surface area contributed by atoms with Crippen LogP contribution in [0.15, 0.2) is 59.0 Å². The number of para-hydroxylation sites is 2. The molecule has 0 bridgehead atoms. The van der Waals surface area contributed by atoms with Crippen molar-refractivity contribution in [1.29, 1.82) is 0 Å². The van der Waals surface area contributed by atoms with Crippen molar-refractivity contribution in [2.24, 2.45) is 0 Å². The molecule has 1 aromatic heterocycles. The van der Waals surface area contributed by atoms with Crippen LogP contribution in [0.25, 0.3) is 11.0 Å². The van der Waals surface area contributed by atoms with Crippen LogP contribution >= 0.6 is 0 Å². The number of hydrogen-bond acceptors (Lipinski definition) is 6. The largest absolute Gasteiger partial charge is 0.459 e. The summed E-state index contributed by atoms with van der Waals surface area (Å²) in [7, 11) is 0. The smallest absolute Gasteiger partial charge is 0.345 e. The second-order valence-corrected chi connectivity index (χ2v) is 5.83. The van der Waals surface area contributed by atoms with Crippen molar-refractivity contribution in [1.82, 2.24) is 5.32 Å². The van der Waals surface area contributed by atoms with Crippen LogP contribution in [0.5, 0.6) is 0 Å². The number of furan rings is 1. The first-order valence-corrected chi connectivity index (χ1v) is 8.14. The van der Waals surface area contributed by atoms with E-state index >= 15 is 0 Å². The summed E-state index contributed by atoms with van der Waals surface area (Å²) in [5.41, 5.74) is 0.121. The normalized spacial score (nSPS) is 11.7. The molecule has 0 aliphatic rings. The zero-order valence-electron chi connectivity index (χ0n) is 14.4. The van der Waals surface area contributed by atoms with Crippen LogP contribution in [0.4, 0.5) is 5.69 Å². The van der Waals surface area contributed by atoms with E-state index in [1.807, 2.05) is 30.3 Å². The molecule has 0 aliphatic carbocycles. The van der Waals surface area contributed by atoms with Gasteiger partial charge in [-0.25, -0.2) is 4.79 Å². The molecule has 0 fully saturated rings. The lowest BCUT2D eigenvalue weighted by atomic mass is 10.2. The number of ether oxygens (including phenoxy) is 1. The molecule has 0 spiro atoms.